The number of para-hydroxylation sites is 2. The van der Waals surface area contributed by atoms with Crippen molar-refractivity contribution in [3.05, 3.63) is 71.8 Å². The predicted octanol–water partition coefficient (Wildman–Crippen LogP) is 3.12. The first kappa shape index (κ1) is 14.3. The van der Waals surface area contributed by atoms with Crippen LogP contribution in [0.2, 0.25) is 5.02 Å². The van der Waals surface area contributed by atoms with Crippen molar-refractivity contribution < 1.29 is 10.0 Å². The van der Waals surface area contributed by atoms with Crippen LogP contribution in [0.25, 0.3) is 27.5 Å². The summed E-state index contributed by atoms with van der Waals surface area (Å²) in [5.41, 5.74) is 3.31. The van der Waals surface area contributed by atoms with Crippen molar-refractivity contribution in [2.75, 3.05) is 0 Å². The maximum absolute atomic E-state index is 9.30. The Morgan fingerprint density at radius 1 is 0.783 bits per heavy atom. The van der Waals surface area contributed by atoms with Crippen LogP contribution in [0.1, 0.15) is 0 Å². The van der Waals surface area contributed by atoms with Gasteiger partial charge in [0.15, 0.2) is 0 Å². The van der Waals surface area contributed by atoms with Crippen LogP contribution in [0.4, 0.5) is 0 Å². The molecule has 0 aliphatic carbocycles. The first-order valence-corrected chi connectivity index (χ1v) is 7.69. The topological polar surface area (TPSA) is 45.4 Å². The van der Waals surface area contributed by atoms with Gasteiger partial charge < -0.3 is 14.6 Å². The minimum atomic E-state index is -1.53. The molecule has 0 unspecified atom stereocenters. The summed E-state index contributed by atoms with van der Waals surface area (Å²) in [4.78, 5) is 0. The standard InChI is InChI=1S/C18H13BClNO2/c20-15-11-12(19(22)23)9-10-18(15)21-16-7-3-1-5-13(16)14-6-2-4-8-17(14)21/h1-11,22-23H. The van der Waals surface area contributed by atoms with E-state index < -0.39 is 7.12 Å². The Balaban J connectivity index is 2.08. The summed E-state index contributed by atoms with van der Waals surface area (Å²) in [6, 6.07) is 21.4. The number of aromatic nitrogens is 1. The molecule has 0 saturated heterocycles. The molecule has 2 N–H and O–H groups in total. The van der Waals surface area contributed by atoms with E-state index in [9.17, 15) is 10.0 Å². The van der Waals surface area contributed by atoms with Crippen molar-refractivity contribution in [3.8, 4) is 5.69 Å². The molecule has 0 spiro atoms. The van der Waals surface area contributed by atoms with Crippen LogP contribution < -0.4 is 5.46 Å². The van der Waals surface area contributed by atoms with Gasteiger partial charge in [-0.1, -0.05) is 54.1 Å². The van der Waals surface area contributed by atoms with Gasteiger partial charge in [0.05, 0.1) is 21.7 Å². The fraction of sp³-hybridized carbons (Fsp3) is 0. The van der Waals surface area contributed by atoms with E-state index in [1.165, 1.54) is 0 Å². The van der Waals surface area contributed by atoms with Gasteiger partial charge in [-0.25, -0.2) is 0 Å². The van der Waals surface area contributed by atoms with E-state index in [0.29, 0.717) is 10.5 Å². The first-order chi connectivity index (χ1) is 11.2. The molecule has 3 aromatic carbocycles. The molecule has 0 atom stereocenters. The van der Waals surface area contributed by atoms with Gasteiger partial charge in [0.1, 0.15) is 0 Å². The monoisotopic (exact) mass is 321 g/mol. The molecule has 0 amide bonds. The second-order valence-corrected chi connectivity index (χ2v) is 5.86. The zero-order valence-electron chi connectivity index (χ0n) is 12.1. The Labute approximate surface area is 138 Å². The lowest BCUT2D eigenvalue weighted by Crippen LogP contribution is -2.29. The summed E-state index contributed by atoms with van der Waals surface area (Å²) in [6.07, 6.45) is 0. The number of nitrogens with zero attached hydrogens (tertiary/aromatic N) is 1. The quantitative estimate of drug-likeness (QED) is 0.557. The van der Waals surface area contributed by atoms with E-state index in [-0.39, 0.29) is 0 Å². The molecule has 5 heteroatoms. The lowest BCUT2D eigenvalue weighted by Gasteiger charge is -2.11. The molecule has 1 aromatic heterocycles. The Kier molecular flexibility index (Phi) is 3.38. The van der Waals surface area contributed by atoms with Crippen molar-refractivity contribution in [1.29, 1.82) is 0 Å². The highest BCUT2D eigenvalue weighted by atomic mass is 35.5. The molecule has 4 rings (SSSR count). The molecule has 0 radical (unpaired) electrons. The fourth-order valence-corrected chi connectivity index (χ4v) is 3.32. The highest BCUT2D eigenvalue weighted by molar-refractivity contribution is 6.59. The van der Waals surface area contributed by atoms with Crippen molar-refractivity contribution in [3.63, 3.8) is 0 Å². The number of benzene rings is 3. The van der Waals surface area contributed by atoms with E-state index in [4.69, 9.17) is 11.6 Å². The van der Waals surface area contributed by atoms with Crippen LogP contribution >= 0.6 is 11.6 Å². The Morgan fingerprint density at radius 3 is 1.87 bits per heavy atom. The molecule has 112 valence electrons. The molecule has 0 saturated carbocycles. The fourth-order valence-electron chi connectivity index (χ4n) is 3.05. The number of hydrogen-bond acceptors (Lipinski definition) is 2. The third-order valence-corrected chi connectivity index (χ3v) is 4.39. The molecular weight excluding hydrogens is 308 g/mol. The Bertz CT molecular complexity index is 973. The van der Waals surface area contributed by atoms with E-state index in [2.05, 4.69) is 28.8 Å². The predicted molar refractivity (Wildman–Crippen MR) is 95.6 cm³/mol. The van der Waals surface area contributed by atoms with Gasteiger partial charge in [0.25, 0.3) is 0 Å². The van der Waals surface area contributed by atoms with E-state index >= 15 is 0 Å². The van der Waals surface area contributed by atoms with E-state index in [1.54, 1.807) is 12.1 Å². The number of hydrogen-bond donors (Lipinski definition) is 2. The summed E-state index contributed by atoms with van der Waals surface area (Å²) < 4.78 is 2.10. The highest BCUT2D eigenvalue weighted by Crippen LogP contribution is 2.33. The molecule has 0 aliphatic heterocycles. The second-order valence-electron chi connectivity index (χ2n) is 5.45. The van der Waals surface area contributed by atoms with Crippen molar-refractivity contribution in [2.24, 2.45) is 0 Å². The van der Waals surface area contributed by atoms with Gasteiger partial charge in [0.2, 0.25) is 0 Å². The average Bonchev–Trinajstić information content (AvgIpc) is 2.89. The van der Waals surface area contributed by atoms with Gasteiger partial charge in [-0.05, 0) is 29.7 Å². The molecule has 0 fully saturated rings. The minimum Gasteiger partial charge on any atom is -0.423 e. The third-order valence-electron chi connectivity index (χ3n) is 4.09. The highest BCUT2D eigenvalue weighted by Gasteiger charge is 2.16. The van der Waals surface area contributed by atoms with Crippen molar-refractivity contribution in [1.82, 2.24) is 4.57 Å². The minimum absolute atomic E-state index is 0.375. The lowest BCUT2D eigenvalue weighted by atomic mass is 9.80. The van der Waals surface area contributed by atoms with E-state index in [0.717, 1.165) is 27.5 Å². The Morgan fingerprint density at radius 2 is 1.35 bits per heavy atom. The average molecular weight is 322 g/mol. The maximum Gasteiger partial charge on any atom is 0.488 e. The zero-order chi connectivity index (χ0) is 16.0. The largest absolute Gasteiger partial charge is 0.488 e. The third kappa shape index (κ3) is 2.23. The van der Waals surface area contributed by atoms with Gasteiger partial charge in [-0.3, -0.25) is 0 Å². The molecule has 0 aliphatic rings. The maximum atomic E-state index is 9.30. The lowest BCUT2D eigenvalue weighted by molar-refractivity contribution is 0.426. The van der Waals surface area contributed by atoms with Gasteiger partial charge in [-0.2, -0.15) is 0 Å². The van der Waals surface area contributed by atoms with Gasteiger partial charge in [-0.15, -0.1) is 0 Å². The van der Waals surface area contributed by atoms with Crippen LogP contribution in [-0.2, 0) is 0 Å². The van der Waals surface area contributed by atoms with Crippen molar-refractivity contribution >= 4 is 46.0 Å². The van der Waals surface area contributed by atoms with Crippen LogP contribution in [0.15, 0.2) is 66.7 Å². The smallest absolute Gasteiger partial charge is 0.423 e. The van der Waals surface area contributed by atoms with E-state index in [1.807, 2.05) is 30.3 Å². The summed E-state index contributed by atoms with van der Waals surface area (Å²) in [5.74, 6) is 0. The zero-order valence-corrected chi connectivity index (χ0v) is 12.9. The summed E-state index contributed by atoms with van der Waals surface area (Å²) >= 11 is 6.42. The molecule has 23 heavy (non-hydrogen) atoms. The van der Waals surface area contributed by atoms with Crippen LogP contribution in [0, 0.1) is 0 Å². The summed E-state index contributed by atoms with van der Waals surface area (Å²) in [5, 5.41) is 21.4. The van der Waals surface area contributed by atoms with Gasteiger partial charge >= 0.3 is 7.12 Å². The summed E-state index contributed by atoms with van der Waals surface area (Å²) in [7, 11) is -1.53. The SMILES string of the molecule is OB(O)c1ccc(-n2c3ccccc3c3ccccc32)c(Cl)c1. The Hall–Kier alpha value is -2.27. The van der Waals surface area contributed by atoms with Crippen LogP contribution in [0.3, 0.4) is 0 Å². The molecule has 1 heterocycles. The number of halogens is 1. The van der Waals surface area contributed by atoms with Crippen molar-refractivity contribution in [2.45, 2.75) is 0 Å². The molecular formula is C18H13BClNO2. The molecule has 3 nitrogen and oxygen atoms in total. The van der Waals surface area contributed by atoms with Crippen LogP contribution in [0.5, 0.6) is 0 Å². The second kappa shape index (κ2) is 5.42. The molecule has 4 aromatic rings. The van der Waals surface area contributed by atoms with Gasteiger partial charge in [0, 0.05) is 10.8 Å². The first-order valence-electron chi connectivity index (χ1n) is 7.31. The molecule has 0 bridgehead atoms. The normalized spacial score (nSPS) is 11.3. The number of fused-ring (bicyclic) bond motifs is 3. The summed E-state index contributed by atoms with van der Waals surface area (Å²) in [6.45, 7) is 0. The number of rotatable bonds is 2. The van der Waals surface area contributed by atoms with Crippen LogP contribution in [-0.4, -0.2) is 21.7 Å².